The minimum Gasteiger partial charge on any atom is -0.356 e. The van der Waals surface area contributed by atoms with Crippen LogP contribution in [0, 0.1) is 11.8 Å². The van der Waals surface area contributed by atoms with E-state index in [1.54, 1.807) is 35.6 Å². The van der Waals surface area contributed by atoms with Gasteiger partial charge in [0.05, 0.1) is 4.90 Å². The van der Waals surface area contributed by atoms with Crippen LogP contribution in [-0.2, 0) is 10.0 Å². The summed E-state index contributed by atoms with van der Waals surface area (Å²) in [4.78, 5) is 4.67. The molecule has 26 heavy (non-hydrogen) atoms. The molecule has 1 heterocycles. The summed E-state index contributed by atoms with van der Waals surface area (Å²) in [5, 5.41) is 6.80. The van der Waals surface area contributed by atoms with Crippen molar-refractivity contribution in [1.82, 2.24) is 14.9 Å². The normalized spacial score (nSPS) is 20.6. The SMILES string of the molecule is CN=C(NCC1CCC1)NCC1CCN(S(=O)(=O)c2ccccc2)CC1. The zero-order valence-corrected chi connectivity index (χ0v) is 16.3. The molecule has 0 radical (unpaired) electrons. The van der Waals surface area contributed by atoms with Crippen molar-refractivity contribution in [2.75, 3.05) is 33.2 Å². The molecule has 1 aromatic carbocycles. The van der Waals surface area contributed by atoms with Crippen LogP contribution in [0.5, 0.6) is 0 Å². The van der Waals surface area contributed by atoms with E-state index >= 15 is 0 Å². The van der Waals surface area contributed by atoms with Crippen LogP contribution in [0.1, 0.15) is 32.1 Å². The Morgan fingerprint density at radius 2 is 1.62 bits per heavy atom. The van der Waals surface area contributed by atoms with Crippen molar-refractivity contribution in [2.45, 2.75) is 37.0 Å². The molecule has 1 aliphatic heterocycles. The number of benzene rings is 1. The molecule has 3 rings (SSSR count). The van der Waals surface area contributed by atoms with Crippen molar-refractivity contribution in [2.24, 2.45) is 16.8 Å². The molecular formula is C19H30N4O2S. The van der Waals surface area contributed by atoms with Gasteiger partial charge in [0.25, 0.3) is 0 Å². The molecule has 1 aliphatic carbocycles. The summed E-state index contributed by atoms with van der Waals surface area (Å²) >= 11 is 0. The highest BCUT2D eigenvalue weighted by molar-refractivity contribution is 7.89. The second kappa shape index (κ2) is 8.86. The maximum Gasteiger partial charge on any atom is 0.243 e. The Morgan fingerprint density at radius 3 is 2.12 bits per heavy atom. The summed E-state index contributed by atoms with van der Waals surface area (Å²) in [6, 6.07) is 8.71. The van der Waals surface area contributed by atoms with Crippen LogP contribution in [0.25, 0.3) is 0 Å². The van der Waals surface area contributed by atoms with Gasteiger partial charge in [0.1, 0.15) is 0 Å². The second-order valence-corrected chi connectivity index (χ2v) is 9.23. The van der Waals surface area contributed by atoms with Crippen molar-refractivity contribution < 1.29 is 8.42 Å². The van der Waals surface area contributed by atoms with Gasteiger partial charge >= 0.3 is 0 Å². The predicted octanol–water partition coefficient (Wildman–Crippen LogP) is 2.05. The second-order valence-electron chi connectivity index (χ2n) is 7.29. The average Bonchev–Trinajstić information content (AvgIpc) is 2.64. The largest absolute Gasteiger partial charge is 0.356 e. The van der Waals surface area contributed by atoms with Gasteiger partial charge < -0.3 is 10.6 Å². The average molecular weight is 379 g/mol. The zero-order chi connectivity index (χ0) is 18.4. The molecule has 1 saturated carbocycles. The molecule has 7 heteroatoms. The molecule has 1 saturated heterocycles. The van der Waals surface area contributed by atoms with Gasteiger partial charge in [0.2, 0.25) is 10.0 Å². The van der Waals surface area contributed by atoms with Crippen LogP contribution in [0.15, 0.2) is 40.2 Å². The van der Waals surface area contributed by atoms with E-state index in [-0.39, 0.29) is 0 Å². The fraction of sp³-hybridized carbons (Fsp3) is 0.632. The van der Waals surface area contributed by atoms with E-state index < -0.39 is 10.0 Å². The minimum absolute atomic E-state index is 0.386. The summed E-state index contributed by atoms with van der Waals surface area (Å²) < 4.78 is 27.0. The van der Waals surface area contributed by atoms with Gasteiger partial charge in [-0.15, -0.1) is 0 Å². The van der Waals surface area contributed by atoms with Crippen molar-refractivity contribution in [3.05, 3.63) is 30.3 Å². The number of aliphatic imine (C=N–C) groups is 1. The van der Waals surface area contributed by atoms with Crippen LogP contribution >= 0.6 is 0 Å². The molecule has 144 valence electrons. The molecule has 0 spiro atoms. The molecule has 0 atom stereocenters. The molecule has 2 N–H and O–H groups in total. The smallest absolute Gasteiger partial charge is 0.243 e. The summed E-state index contributed by atoms with van der Waals surface area (Å²) in [6.07, 6.45) is 5.73. The first-order valence-corrected chi connectivity index (χ1v) is 11.0. The summed E-state index contributed by atoms with van der Waals surface area (Å²) in [6.45, 7) is 2.99. The Kier molecular flexibility index (Phi) is 6.53. The topological polar surface area (TPSA) is 73.8 Å². The first-order chi connectivity index (χ1) is 12.6. The summed E-state index contributed by atoms with van der Waals surface area (Å²) in [7, 11) is -1.56. The molecule has 2 fully saturated rings. The van der Waals surface area contributed by atoms with E-state index in [1.807, 2.05) is 6.07 Å². The number of sulfonamides is 1. The van der Waals surface area contributed by atoms with E-state index in [1.165, 1.54) is 19.3 Å². The third-order valence-corrected chi connectivity index (χ3v) is 7.43. The summed E-state index contributed by atoms with van der Waals surface area (Å²) in [5.74, 6) is 2.12. The van der Waals surface area contributed by atoms with Crippen LogP contribution in [0.2, 0.25) is 0 Å². The maximum atomic E-state index is 12.7. The molecule has 0 aromatic heterocycles. The van der Waals surface area contributed by atoms with Gasteiger partial charge in [-0.3, -0.25) is 4.99 Å². The van der Waals surface area contributed by atoms with Gasteiger partial charge in [-0.2, -0.15) is 4.31 Å². The van der Waals surface area contributed by atoms with E-state index in [2.05, 4.69) is 15.6 Å². The molecule has 0 unspecified atom stereocenters. The highest BCUT2D eigenvalue weighted by atomic mass is 32.2. The molecule has 0 amide bonds. The lowest BCUT2D eigenvalue weighted by atomic mass is 9.85. The first-order valence-electron chi connectivity index (χ1n) is 9.59. The Hall–Kier alpha value is -1.60. The van der Waals surface area contributed by atoms with Gasteiger partial charge in [0.15, 0.2) is 5.96 Å². The molecular weight excluding hydrogens is 348 g/mol. The minimum atomic E-state index is -3.36. The molecule has 6 nitrogen and oxygen atoms in total. The van der Waals surface area contributed by atoms with Gasteiger partial charge in [-0.25, -0.2) is 8.42 Å². The van der Waals surface area contributed by atoms with Gasteiger partial charge in [-0.1, -0.05) is 24.6 Å². The van der Waals surface area contributed by atoms with Crippen LogP contribution in [-0.4, -0.2) is 51.9 Å². The van der Waals surface area contributed by atoms with Gasteiger partial charge in [0, 0.05) is 33.2 Å². The highest BCUT2D eigenvalue weighted by Crippen LogP contribution is 2.25. The van der Waals surface area contributed by atoms with Crippen molar-refractivity contribution in [3.63, 3.8) is 0 Å². The summed E-state index contributed by atoms with van der Waals surface area (Å²) in [5.41, 5.74) is 0. The van der Waals surface area contributed by atoms with Crippen LogP contribution < -0.4 is 10.6 Å². The Labute approximate surface area is 157 Å². The number of hydrogen-bond acceptors (Lipinski definition) is 3. The fourth-order valence-electron chi connectivity index (χ4n) is 3.49. The lowest BCUT2D eigenvalue weighted by Crippen LogP contribution is -2.45. The molecule has 0 bridgehead atoms. The Balaban J connectivity index is 1.43. The van der Waals surface area contributed by atoms with E-state index in [4.69, 9.17) is 0 Å². The first kappa shape index (κ1) is 19.2. The van der Waals surface area contributed by atoms with Crippen molar-refractivity contribution in [3.8, 4) is 0 Å². The quantitative estimate of drug-likeness (QED) is 0.587. The zero-order valence-electron chi connectivity index (χ0n) is 15.5. The van der Waals surface area contributed by atoms with Crippen LogP contribution in [0.4, 0.5) is 0 Å². The Morgan fingerprint density at radius 1 is 1.04 bits per heavy atom. The highest BCUT2D eigenvalue weighted by Gasteiger charge is 2.29. The predicted molar refractivity (Wildman–Crippen MR) is 105 cm³/mol. The van der Waals surface area contributed by atoms with Crippen LogP contribution in [0.3, 0.4) is 0 Å². The van der Waals surface area contributed by atoms with Crippen molar-refractivity contribution in [1.29, 1.82) is 0 Å². The fourth-order valence-corrected chi connectivity index (χ4v) is 4.99. The molecule has 1 aromatic rings. The maximum absolute atomic E-state index is 12.7. The number of guanidine groups is 1. The number of rotatable bonds is 6. The van der Waals surface area contributed by atoms with E-state index in [0.29, 0.717) is 23.9 Å². The third-order valence-electron chi connectivity index (χ3n) is 5.52. The third kappa shape index (κ3) is 4.76. The lowest BCUT2D eigenvalue weighted by Gasteiger charge is -2.32. The van der Waals surface area contributed by atoms with Crippen molar-refractivity contribution >= 4 is 16.0 Å². The number of nitrogens with one attached hydrogen (secondary N) is 2. The Bertz CT molecular complexity index is 694. The molecule has 2 aliphatic rings. The lowest BCUT2D eigenvalue weighted by molar-refractivity contribution is 0.273. The standard InChI is InChI=1S/C19H30N4O2S/c1-20-19(21-14-16-6-5-7-16)22-15-17-10-12-23(13-11-17)26(24,25)18-8-3-2-4-9-18/h2-4,8-9,16-17H,5-7,10-15H2,1H3,(H2,20,21,22). The number of hydrogen-bond donors (Lipinski definition) is 2. The van der Waals surface area contributed by atoms with E-state index in [9.17, 15) is 8.42 Å². The monoisotopic (exact) mass is 378 g/mol. The number of piperidine rings is 1. The van der Waals surface area contributed by atoms with E-state index in [0.717, 1.165) is 37.8 Å². The number of nitrogens with zero attached hydrogens (tertiary/aromatic N) is 2. The van der Waals surface area contributed by atoms with Gasteiger partial charge in [-0.05, 0) is 49.7 Å².